The molecule has 0 aromatic rings. The van der Waals surface area contributed by atoms with Crippen molar-refractivity contribution in [2.75, 3.05) is 32.7 Å². The molecule has 16 heavy (non-hydrogen) atoms. The minimum absolute atomic E-state index is 0.461. The molecule has 0 amide bonds. The van der Waals surface area contributed by atoms with Crippen molar-refractivity contribution in [3.05, 3.63) is 0 Å². The summed E-state index contributed by atoms with van der Waals surface area (Å²) in [5.41, 5.74) is 1.01. The van der Waals surface area contributed by atoms with Crippen molar-refractivity contribution in [1.82, 2.24) is 10.2 Å². The minimum Gasteiger partial charge on any atom is -0.315 e. The molecule has 0 aromatic heterocycles. The monoisotopic (exact) mass is 226 g/mol. The third kappa shape index (κ3) is 5.86. The summed E-state index contributed by atoms with van der Waals surface area (Å²) in [5, 5.41) is 3.55. The van der Waals surface area contributed by atoms with Crippen molar-refractivity contribution in [1.29, 1.82) is 0 Å². The lowest BCUT2D eigenvalue weighted by molar-refractivity contribution is 0.286. The van der Waals surface area contributed by atoms with Gasteiger partial charge in [-0.15, -0.1) is 0 Å². The van der Waals surface area contributed by atoms with E-state index in [1.54, 1.807) is 0 Å². The summed E-state index contributed by atoms with van der Waals surface area (Å²) in [6.45, 7) is 17.7. The van der Waals surface area contributed by atoms with E-state index < -0.39 is 0 Å². The van der Waals surface area contributed by atoms with Crippen molar-refractivity contribution >= 4 is 0 Å². The summed E-state index contributed by atoms with van der Waals surface area (Å²) in [6, 6.07) is 0. The van der Waals surface area contributed by atoms with Crippen LogP contribution in [0.5, 0.6) is 0 Å². The van der Waals surface area contributed by atoms with E-state index in [1.807, 2.05) is 0 Å². The van der Waals surface area contributed by atoms with Crippen LogP contribution in [0.25, 0.3) is 0 Å². The Kier molecular flexibility index (Phi) is 4.81. The molecule has 0 radical (unpaired) electrons. The van der Waals surface area contributed by atoms with Gasteiger partial charge in [0.05, 0.1) is 0 Å². The van der Waals surface area contributed by atoms with Gasteiger partial charge in [-0.05, 0) is 36.8 Å². The predicted molar refractivity (Wildman–Crippen MR) is 71.8 cm³/mol. The molecule has 0 spiro atoms. The number of hydrogen-bond acceptors (Lipinski definition) is 2. The van der Waals surface area contributed by atoms with Crippen LogP contribution in [0.4, 0.5) is 0 Å². The van der Waals surface area contributed by atoms with Crippen LogP contribution in [0.1, 0.15) is 47.5 Å². The van der Waals surface area contributed by atoms with Crippen LogP contribution in [-0.2, 0) is 0 Å². The maximum Gasteiger partial charge on any atom is 0.0107 e. The van der Waals surface area contributed by atoms with Gasteiger partial charge in [0.2, 0.25) is 0 Å². The first-order chi connectivity index (χ1) is 7.29. The zero-order chi connectivity index (χ0) is 12.2. The molecule has 1 fully saturated rings. The van der Waals surface area contributed by atoms with Gasteiger partial charge in [-0.2, -0.15) is 0 Å². The zero-order valence-corrected chi connectivity index (χ0v) is 11.9. The molecular weight excluding hydrogens is 196 g/mol. The van der Waals surface area contributed by atoms with E-state index in [9.17, 15) is 0 Å². The molecule has 2 heteroatoms. The van der Waals surface area contributed by atoms with Crippen LogP contribution >= 0.6 is 0 Å². The molecule has 1 saturated heterocycles. The number of nitrogens with zero attached hydrogens (tertiary/aromatic N) is 1. The van der Waals surface area contributed by atoms with E-state index in [0.717, 1.165) is 13.1 Å². The van der Waals surface area contributed by atoms with Crippen LogP contribution in [0.3, 0.4) is 0 Å². The Morgan fingerprint density at radius 3 is 2.38 bits per heavy atom. The fraction of sp³-hybridized carbons (Fsp3) is 1.00. The first-order valence-corrected chi connectivity index (χ1v) is 6.72. The molecule has 96 valence electrons. The van der Waals surface area contributed by atoms with Gasteiger partial charge in [0, 0.05) is 19.6 Å². The third-order valence-corrected chi connectivity index (χ3v) is 3.41. The van der Waals surface area contributed by atoms with E-state index in [-0.39, 0.29) is 0 Å². The van der Waals surface area contributed by atoms with E-state index >= 15 is 0 Å². The highest BCUT2D eigenvalue weighted by atomic mass is 15.2. The number of hydrogen-bond donors (Lipinski definition) is 1. The zero-order valence-electron chi connectivity index (χ0n) is 11.9. The van der Waals surface area contributed by atoms with Crippen molar-refractivity contribution < 1.29 is 0 Å². The lowest BCUT2D eigenvalue weighted by Gasteiger charge is -2.21. The van der Waals surface area contributed by atoms with Gasteiger partial charge in [0.25, 0.3) is 0 Å². The molecule has 0 bridgehead atoms. The Morgan fingerprint density at radius 2 is 1.88 bits per heavy atom. The Hall–Kier alpha value is -0.0800. The van der Waals surface area contributed by atoms with Crippen molar-refractivity contribution in [2.45, 2.75) is 47.5 Å². The fourth-order valence-electron chi connectivity index (χ4n) is 2.24. The molecule has 0 aromatic carbocycles. The van der Waals surface area contributed by atoms with Crippen LogP contribution in [0, 0.1) is 10.8 Å². The molecule has 1 N–H and O–H groups in total. The Bertz CT molecular complexity index is 203. The molecule has 1 heterocycles. The highest BCUT2D eigenvalue weighted by Crippen LogP contribution is 2.28. The predicted octanol–water partition coefficient (Wildman–Crippen LogP) is 2.74. The van der Waals surface area contributed by atoms with Crippen molar-refractivity contribution in [3.8, 4) is 0 Å². The topological polar surface area (TPSA) is 15.3 Å². The van der Waals surface area contributed by atoms with Crippen LogP contribution in [0.15, 0.2) is 0 Å². The average Bonchev–Trinajstić information content (AvgIpc) is 2.43. The largest absolute Gasteiger partial charge is 0.315 e. The molecule has 1 rings (SSSR count). The first kappa shape index (κ1) is 14.0. The average molecular weight is 226 g/mol. The van der Waals surface area contributed by atoms with E-state index in [4.69, 9.17) is 0 Å². The summed E-state index contributed by atoms with van der Waals surface area (Å²) in [6.07, 6.45) is 2.62. The highest BCUT2D eigenvalue weighted by Gasteiger charge is 2.28. The smallest absolute Gasteiger partial charge is 0.0107 e. The van der Waals surface area contributed by atoms with Gasteiger partial charge in [-0.25, -0.2) is 0 Å². The standard InChI is InChI=1S/C14H30N2/c1-13(2,3)6-8-15-9-11-16-10-7-14(4,5)12-16/h15H,6-12H2,1-5H3. The van der Waals surface area contributed by atoms with Crippen LogP contribution < -0.4 is 5.32 Å². The third-order valence-electron chi connectivity index (χ3n) is 3.41. The van der Waals surface area contributed by atoms with Crippen LogP contribution in [0.2, 0.25) is 0 Å². The van der Waals surface area contributed by atoms with E-state index in [2.05, 4.69) is 44.8 Å². The molecule has 0 aliphatic carbocycles. The first-order valence-electron chi connectivity index (χ1n) is 6.72. The second-order valence-electron chi connectivity index (χ2n) is 7.25. The van der Waals surface area contributed by atoms with Gasteiger partial charge in [0.15, 0.2) is 0 Å². The minimum atomic E-state index is 0.461. The molecule has 0 saturated carbocycles. The lowest BCUT2D eigenvalue weighted by Crippen LogP contribution is -2.32. The number of likely N-dealkylation sites (tertiary alicyclic amines) is 1. The van der Waals surface area contributed by atoms with Gasteiger partial charge >= 0.3 is 0 Å². The van der Waals surface area contributed by atoms with E-state index in [1.165, 1.54) is 32.5 Å². The molecule has 0 unspecified atom stereocenters. The lowest BCUT2D eigenvalue weighted by atomic mass is 9.92. The van der Waals surface area contributed by atoms with Gasteiger partial charge in [0.1, 0.15) is 0 Å². The second-order valence-corrected chi connectivity index (χ2v) is 7.25. The normalized spacial score (nSPS) is 21.6. The maximum absolute atomic E-state index is 3.55. The quantitative estimate of drug-likeness (QED) is 0.725. The summed E-state index contributed by atoms with van der Waals surface area (Å²) in [5.74, 6) is 0. The maximum atomic E-state index is 3.55. The molecule has 1 aliphatic rings. The van der Waals surface area contributed by atoms with Gasteiger partial charge < -0.3 is 10.2 Å². The number of rotatable bonds is 5. The summed E-state index contributed by atoms with van der Waals surface area (Å²) in [4.78, 5) is 2.59. The molecule has 0 atom stereocenters. The summed E-state index contributed by atoms with van der Waals surface area (Å²) in [7, 11) is 0. The molecular formula is C14H30N2. The molecule has 1 aliphatic heterocycles. The second kappa shape index (κ2) is 5.50. The highest BCUT2D eigenvalue weighted by molar-refractivity contribution is 4.82. The summed E-state index contributed by atoms with van der Waals surface area (Å²) >= 11 is 0. The molecule has 2 nitrogen and oxygen atoms in total. The van der Waals surface area contributed by atoms with Gasteiger partial charge in [-0.1, -0.05) is 34.6 Å². The van der Waals surface area contributed by atoms with Crippen LogP contribution in [-0.4, -0.2) is 37.6 Å². The van der Waals surface area contributed by atoms with Gasteiger partial charge in [-0.3, -0.25) is 0 Å². The summed E-state index contributed by atoms with van der Waals surface area (Å²) < 4.78 is 0. The Labute approximate surface area is 102 Å². The van der Waals surface area contributed by atoms with Crippen molar-refractivity contribution in [3.63, 3.8) is 0 Å². The van der Waals surface area contributed by atoms with Crippen molar-refractivity contribution in [2.24, 2.45) is 10.8 Å². The van der Waals surface area contributed by atoms with E-state index in [0.29, 0.717) is 10.8 Å². The Morgan fingerprint density at radius 1 is 1.19 bits per heavy atom. The Balaban J connectivity index is 2.00. The number of nitrogens with one attached hydrogen (secondary N) is 1. The SMILES string of the molecule is CC(C)(C)CCNCCN1CCC(C)(C)C1. The fourth-order valence-corrected chi connectivity index (χ4v) is 2.24.